The van der Waals surface area contributed by atoms with E-state index >= 15 is 0 Å². The summed E-state index contributed by atoms with van der Waals surface area (Å²) in [5.41, 5.74) is 1.56. The van der Waals surface area contributed by atoms with Crippen LogP contribution in [0.1, 0.15) is 26.3 Å². The standard InChI is InChI=1S/C13H17N3OS/c1-8-5-6-10(17)9(7-8)11-14-15-12(18)16(11)13(2,3)4/h5-7,17H,1-4H3,(H,15,18). The molecule has 1 heterocycles. The number of nitrogens with one attached hydrogen (secondary N) is 1. The Morgan fingerprint density at radius 3 is 2.61 bits per heavy atom. The van der Waals surface area contributed by atoms with Crippen LogP contribution in [0.3, 0.4) is 0 Å². The normalized spacial score (nSPS) is 11.8. The summed E-state index contributed by atoms with van der Waals surface area (Å²) in [6.07, 6.45) is 0. The van der Waals surface area contributed by atoms with E-state index in [0.29, 0.717) is 16.2 Å². The van der Waals surface area contributed by atoms with E-state index in [9.17, 15) is 5.11 Å². The molecule has 0 bridgehead atoms. The van der Waals surface area contributed by atoms with Crippen LogP contribution in [0.2, 0.25) is 0 Å². The number of H-pyrrole nitrogens is 1. The highest BCUT2D eigenvalue weighted by Gasteiger charge is 2.22. The minimum Gasteiger partial charge on any atom is -0.507 e. The van der Waals surface area contributed by atoms with Crippen LogP contribution in [0.5, 0.6) is 5.75 Å². The molecule has 2 aromatic rings. The molecule has 0 atom stereocenters. The fraction of sp³-hybridized carbons (Fsp3) is 0.385. The summed E-state index contributed by atoms with van der Waals surface area (Å²) in [6, 6.07) is 5.44. The Balaban J connectivity index is 2.73. The van der Waals surface area contributed by atoms with Crippen LogP contribution in [0.25, 0.3) is 11.4 Å². The first-order chi connectivity index (χ1) is 8.30. The third kappa shape index (κ3) is 2.18. The van der Waals surface area contributed by atoms with Crippen molar-refractivity contribution in [1.82, 2.24) is 14.8 Å². The Kier molecular flexibility index (Phi) is 3.02. The van der Waals surface area contributed by atoms with Gasteiger partial charge in [0.05, 0.1) is 5.56 Å². The number of aromatic nitrogens is 3. The SMILES string of the molecule is Cc1ccc(O)c(-c2n[nH]c(=S)n2C(C)(C)C)c1. The third-order valence-electron chi connectivity index (χ3n) is 2.74. The van der Waals surface area contributed by atoms with E-state index in [1.807, 2.05) is 23.6 Å². The molecule has 0 saturated heterocycles. The number of hydrogen-bond acceptors (Lipinski definition) is 3. The number of aryl methyl sites for hydroxylation is 1. The summed E-state index contributed by atoms with van der Waals surface area (Å²) in [6.45, 7) is 8.13. The van der Waals surface area contributed by atoms with E-state index in [1.165, 1.54) is 0 Å². The maximum atomic E-state index is 9.99. The first-order valence-electron chi connectivity index (χ1n) is 5.78. The Morgan fingerprint density at radius 1 is 1.33 bits per heavy atom. The molecule has 0 aliphatic carbocycles. The van der Waals surface area contributed by atoms with Gasteiger partial charge in [-0.2, -0.15) is 5.10 Å². The zero-order valence-corrected chi connectivity index (χ0v) is 11.8. The van der Waals surface area contributed by atoms with Crippen molar-refractivity contribution in [3.63, 3.8) is 0 Å². The lowest BCUT2D eigenvalue weighted by Crippen LogP contribution is -2.23. The van der Waals surface area contributed by atoms with Gasteiger partial charge < -0.3 is 5.11 Å². The van der Waals surface area contributed by atoms with Crippen molar-refractivity contribution >= 4 is 12.2 Å². The van der Waals surface area contributed by atoms with Gasteiger partial charge in [0.15, 0.2) is 10.6 Å². The lowest BCUT2D eigenvalue weighted by molar-refractivity contribution is 0.394. The molecule has 5 heteroatoms. The third-order valence-corrected chi connectivity index (χ3v) is 3.01. The minimum absolute atomic E-state index is 0.199. The van der Waals surface area contributed by atoms with Gasteiger partial charge >= 0.3 is 0 Å². The fourth-order valence-electron chi connectivity index (χ4n) is 1.93. The maximum absolute atomic E-state index is 9.99. The molecule has 2 rings (SSSR count). The van der Waals surface area contributed by atoms with Gasteiger partial charge in [0, 0.05) is 5.54 Å². The van der Waals surface area contributed by atoms with Crippen LogP contribution in [0.4, 0.5) is 0 Å². The Hall–Kier alpha value is -1.62. The lowest BCUT2D eigenvalue weighted by Gasteiger charge is -2.22. The van der Waals surface area contributed by atoms with Gasteiger partial charge in [-0.1, -0.05) is 11.6 Å². The topological polar surface area (TPSA) is 53.8 Å². The van der Waals surface area contributed by atoms with Crippen LogP contribution in [0, 0.1) is 11.7 Å². The van der Waals surface area contributed by atoms with E-state index in [2.05, 4.69) is 31.0 Å². The van der Waals surface area contributed by atoms with E-state index in [1.54, 1.807) is 6.07 Å². The number of hydrogen-bond donors (Lipinski definition) is 2. The van der Waals surface area contributed by atoms with E-state index in [0.717, 1.165) is 5.56 Å². The van der Waals surface area contributed by atoms with Crippen LogP contribution in [0.15, 0.2) is 18.2 Å². The maximum Gasteiger partial charge on any atom is 0.195 e. The van der Waals surface area contributed by atoms with Crippen molar-refractivity contribution in [2.75, 3.05) is 0 Å². The first kappa shape index (κ1) is 12.8. The average molecular weight is 263 g/mol. The molecule has 18 heavy (non-hydrogen) atoms. The number of nitrogens with zero attached hydrogens (tertiary/aromatic N) is 2. The number of aromatic hydroxyl groups is 1. The van der Waals surface area contributed by atoms with Gasteiger partial charge in [-0.05, 0) is 52.0 Å². The molecule has 0 fully saturated rings. The molecule has 0 spiro atoms. The van der Waals surface area contributed by atoms with Crippen molar-refractivity contribution in [3.05, 3.63) is 28.5 Å². The summed E-state index contributed by atoms with van der Waals surface area (Å²) < 4.78 is 2.47. The second-order valence-electron chi connectivity index (χ2n) is 5.38. The summed E-state index contributed by atoms with van der Waals surface area (Å²) in [5, 5.41) is 17.0. The van der Waals surface area contributed by atoms with E-state index in [4.69, 9.17) is 12.2 Å². The van der Waals surface area contributed by atoms with Crippen molar-refractivity contribution in [3.8, 4) is 17.1 Å². The molecular formula is C13H17N3OS. The molecule has 0 aliphatic heterocycles. The second kappa shape index (κ2) is 4.24. The van der Waals surface area contributed by atoms with Gasteiger partial charge in [-0.3, -0.25) is 9.67 Å². The highest BCUT2D eigenvalue weighted by Crippen LogP contribution is 2.31. The lowest BCUT2D eigenvalue weighted by atomic mass is 10.1. The predicted octanol–water partition coefficient (Wildman–Crippen LogP) is 3.38. The quantitative estimate of drug-likeness (QED) is 0.775. The molecule has 0 unspecified atom stereocenters. The molecule has 1 aromatic heterocycles. The number of rotatable bonds is 1. The van der Waals surface area contributed by atoms with Crippen LogP contribution in [-0.2, 0) is 5.54 Å². The number of aromatic amines is 1. The molecule has 96 valence electrons. The number of phenols is 1. The summed E-state index contributed by atoms with van der Waals surface area (Å²) >= 11 is 5.26. The molecule has 4 nitrogen and oxygen atoms in total. The van der Waals surface area contributed by atoms with Crippen molar-refractivity contribution in [2.45, 2.75) is 33.2 Å². The molecule has 1 aromatic carbocycles. The average Bonchev–Trinajstić information content (AvgIpc) is 2.63. The zero-order chi connectivity index (χ0) is 13.5. The zero-order valence-electron chi connectivity index (χ0n) is 11.0. The minimum atomic E-state index is -0.199. The van der Waals surface area contributed by atoms with Gasteiger partial charge in [0.25, 0.3) is 0 Å². The van der Waals surface area contributed by atoms with Crippen LogP contribution in [-0.4, -0.2) is 19.9 Å². The summed E-state index contributed by atoms with van der Waals surface area (Å²) in [7, 11) is 0. The molecule has 2 N–H and O–H groups in total. The molecule has 0 aliphatic rings. The molecule has 0 amide bonds. The van der Waals surface area contributed by atoms with Gasteiger partial charge in [-0.15, -0.1) is 0 Å². The highest BCUT2D eigenvalue weighted by molar-refractivity contribution is 7.71. The Morgan fingerprint density at radius 2 is 2.00 bits per heavy atom. The number of phenolic OH excluding ortho intramolecular Hbond substituents is 1. The van der Waals surface area contributed by atoms with Gasteiger partial charge in [0.1, 0.15) is 5.75 Å². The summed E-state index contributed by atoms with van der Waals surface area (Å²) in [4.78, 5) is 0. The number of benzene rings is 1. The highest BCUT2D eigenvalue weighted by atomic mass is 32.1. The predicted molar refractivity (Wildman–Crippen MR) is 74.2 cm³/mol. The largest absolute Gasteiger partial charge is 0.507 e. The van der Waals surface area contributed by atoms with Gasteiger partial charge in [-0.25, -0.2) is 0 Å². The summed E-state index contributed by atoms with van der Waals surface area (Å²) in [5.74, 6) is 0.869. The molecular weight excluding hydrogens is 246 g/mol. The fourth-order valence-corrected chi connectivity index (χ4v) is 2.33. The van der Waals surface area contributed by atoms with Crippen molar-refractivity contribution in [2.24, 2.45) is 0 Å². The molecule has 0 saturated carbocycles. The Labute approximate surface area is 111 Å². The van der Waals surface area contributed by atoms with Crippen LogP contribution >= 0.6 is 12.2 Å². The smallest absolute Gasteiger partial charge is 0.195 e. The monoisotopic (exact) mass is 263 g/mol. The second-order valence-corrected chi connectivity index (χ2v) is 5.77. The van der Waals surface area contributed by atoms with E-state index < -0.39 is 0 Å². The Bertz CT molecular complexity index is 634. The van der Waals surface area contributed by atoms with Crippen LogP contribution < -0.4 is 0 Å². The first-order valence-corrected chi connectivity index (χ1v) is 6.19. The van der Waals surface area contributed by atoms with Crippen molar-refractivity contribution < 1.29 is 5.11 Å². The van der Waals surface area contributed by atoms with Gasteiger partial charge in [0.2, 0.25) is 0 Å². The van der Waals surface area contributed by atoms with Crippen molar-refractivity contribution in [1.29, 1.82) is 0 Å². The van der Waals surface area contributed by atoms with E-state index in [-0.39, 0.29) is 11.3 Å². The molecule has 0 radical (unpaired) electrons.